The van der Waals surface area contributed by atoms with Crippen molar-refractivity contribution in [2.45, 2.75) is 39.8 Å². The molecule has 0 radical (unpaired) electrons. The van der Waals surface area contributed by atoms with Crippen LogP contribution in [0.3, 0.4) is 0 Å². The van der Waals surface area contributed by atoms with Crippen molar-refractivity contribution in [3.63, 3.8) is 0 Å². The molecule has 0 unspecified atom stereocenters. The van der Waals surface area contributed by atoms with E-state index in [4.69, 9.17) is 9.51 Å². The minimum atomic E-state index is 0.459. The molecule has 32 heavy (non-hydrogen) atoms. The maximum Gasteiger partial charge on any atom is 0.229 e. The molecule has 7 nitrogen and oxygen atoms in total. The van der Waals surface area contributed by atoms with Gasteiger partial charge in [0.2, 0.25) is 5.89 Å². The molecule has 0 spiro atoms. The highest BCUT2D eigenvalue weighted by Crippen LogP contribution is 2.39. The predicted molar refractivity (Wildman–Crippen MR) is 126 cm³/mol. The summed E-state index contributed by atoms with van der Waals surface area (Å²) in [5, 5.41) is 13.9. The van der Waals surface area contributed by atoms with Gasteiger partial charge < -0.3 is 4.52 Å². The van der Waals surface area contributed by atoms with Crippen LogP contribution in [-0.4, -0.2) is 29.9 Å². The Morgan fingerprint density at radius 1 is 0.938 bits per heavy atom. The van der Waals surface area contributed by atoms with E-state index in [1.165, 1.54) is 4.70 Å². The molecular formula is C22H18N6OS3. The number of para-hydroxylation sites is 2. The summed E-state index contributed by atoms with van der Waals surface area (Å²) < 4.78 is 9.71. The highest BCUT2D eigenvalue weighted by atomic mass is 32.2. The normalized spacial score (nSPS) is 13.8. The van der Waals surface area contributed by atoms with Crippen molar-refractivity contribution in [3.8, 4) is 5.69 Å². The number of hydrogen-bond donors (Lipinski definition) is 0. The number of rotatable bonds is 8. The minimum Gasteiger partial charge on any atom is -0.339 e. The first-order valence-corrected chi connectivity index (χ1v) is 13.1. The van der Waals surface area contributed by atoms with Crippen LogP contribution in [0, 0.1) is 0 Å². The Bertz CT molecular complexity index is 1330. The second kappa shape index (κ2) is 8.68. The quantitative estimate of drug-likeness (QED) is 0.262. The van der Waals surface area contributed by atoms with Crippen LogP contribution in [0.2, 0.25) is 0 Å². The van der Waals surface area contributed by atoms with Gasteiger partial charge in [-0.1, -0.05) is 59.0 Å². The van der Waals surface area contributed by atoms with Crippen molar-refractivity contribution in [2.75, 3.05) is 0 Å². The number of thiazole rings is 1. The molecule has 1 saturated carbocycles. The number of hydrogen-bond acceptors (Lipinski definition) is 9. The Hall–Kier alpha value is -2.69. The molecule has 0 atom stereocenters. The Balaban J connectivity index is 1.23. The van der Waals surface area contributed by atoms with Gasteiger partial charge in [-0.2, -0.15) is 4.98 Å². The van der Waals surface area contributed by atoms with Crippen molar-refractivity contribution >= 4 is 45.1 Å². The molecule has 6 rings (SSSR count). The van der Waals surface area contributed by atoms with Crippen LogP contribution >= 0.6 is 34.9 Å². The molecule has 0 amide bonds. The zero-order valence-electron chi connectivity index (χ0n) is 16.9. The van der Waals surface area contributed by atoms with Gasteiger partial charge in [0.05, 0.1) is 21.7 Å². The lowest BCUT2D eigenvalue weighted by Crippen LogP contribution is -2.02. The van der Waals surface area contributed by atoms with E-state index in [1.807, 2.05) is 36.4 Å². The number of benzene rings is 2. The zero-order chi connectivity index (χ0) is 21.3. The molecule has 1 fully saturated rings. The number of nitrogens with zero attached hydrogens (tertiary/aromatic N) is 6. The van der Waals surface area contributed by atoms with E-state index in [9.17, 15) is 0 Å². The lowest BCUT2D eigenvalue weighted by molar-refractivity contribution is 0.375. The fourth-order valence-electron chi connectivity index (χ4n) is 3.31. The van der Waals surface area contributed by atoms with Crippen LogP contribution in [0.25, 0.3) is 15.9 Å². The highest BCUT2D eigenvalue weighted by molar-refractivity contribution is 8.00. The number of aromatic nitrogens is 6. The van der Waals surface area contributed by atoms with Crippen LogP contribution in [0.15, 0.2) is 68.6 Å². The average Bonchev–Trinajstić information content (AvgIpc) is 3.24. The van der Waals surface area contributed by atoms with Gasteiger partial charge in [-0.25, -0.2) is 4.98 Å². The molecule has 0 N–H and O–H groups in total. The van der Waals surface area contributed by atoms with Gasteiger partial charge in [-0.05, 0) is 37.1 Å². The molecule has 160 valence electrons. The summed E-state index contributed by atoms with van der Waals surface area (Å²) in [6, 6.07) is 18.4. The molecule has 0 bridgehead atoms. The van der Waals surface area contributed by atoms with E-state index in [2.05, 4.69) is 43.1 Å². The fourth-order valence-corrected chi connectivity index (χ4v) is 6.11. The number of fused-ring (bicyclic) bond motifs is 1. The molecule has 3 heterocycles. The molecule has 3 aromatic heterocycles. The first-order valence-electron chi connectivity index (χ1n) is 10.3. The summed E-state index contributed by atoms with van der Waals surface area (Å²) in [5.74, 6) is 4.07. The topological polar surface area (TPSA) is 82.5 Å². The summed E-state index contributed by atoms with van der Waals surface area (Å²) in [6.45, 7) is 0. The summed E-state index contributed by atoms with van der Waals surface area (Å²) in [4.78, 5) is 9.25. The minimum absolute atomic E-state index is 0.459. The smallest absolute Gasteiger partial charge is 0.229 e. The van der Waals surface area contributed by atoms with Gasteiger partial charge >= 0.3 is 0 Å². The van der Waals surface area contributed by atoms with Gasteiger partial charge in [0.1, 0.15) is 5.82 Å². The Morgan fingerprint density at radius 2 is 1.78 bits per heavy atom. The summed E-state index contributed by atoms with van der Waals surface area (Å²) in [6.07, 6.45) is 2.29. The molecule has 5 aromatic rings. The van der Waals surface area contributed by atoms with Gasteiger partial charge in [0.15, 0.2) is 15.3 Å². The summed E-state index contributed by atoms with van der Waals surface area (Å²) >= 11 is 4.96. The van der Waals surface area contributed by atoms with E-state index in [1.54, 1.807) is 34.9 Å². The van der Waals surface area contributed by atoms with Crippen LogP contribution < -0.4 is 0 Å². The van der Waals surface area contributed by atoms with E-state index in [-0.39, 0.29) is 0 Å². The maximum atomic E-state index is 5.38. The molecular weight excluding hydrogens is 460 g/mol. The molecule has 0 aliphatic heterocycles. The predicted octanol–water partition coefficient (Wildman–Crippen LogP) is 5.72. The molecule has 2 aromatic carbocycles. The third kappa shape index (κ3) is 4.17. The van der Waals surface area contributed by atoms with E-state index < -0.39 is 0 Å². The van der Waals surface area contributed by atoms with Gasteiger partial charge in [-0.3, -0.25) is 4.57 Å². The molecule has 0 saturated heterocycles. The monoisotopic (exact) mass is 478 g/mol. The second-order valence-electron chi connectivity index (χ2n) is 7.42. The van der Waals surface area contributed by atoms with Gasteiger partial charge in [0, 0.05) is 11.6 Å². The first-order chi connectivity index (χ1) is 15.8. The average molecular weight is 479 g/mol. The zero-order valence-corrected chi connectivity index (χ0v) is 19.4. The first kappa shape index (κ1) is 20.0. The van der Waals surface area contributed by atoms with Crippen LogP contribution in [-0.2, 0) is 11.5 Å². The fraction of sp³-hybridized carbons (Fsp3) is 0.227. The van der Waals surface area contributed by atoms with E-state index >= 15 is 0 Å². The van der Waals surface area contributed by atoms with Gasteiger partial charge in [0.25, 0.3) is 0 Å². The van der Waals surface area contributed by atoms with E-state index in [0.29, 0.717) is 23.2 Å². The standard InChI is InChI=1S/C22H18N6OS3/c1-2-6-15(7-3-1)28-19(13-31-22-23-16-8-4-5-9-17(16)32-22)25-26-21(28)30-12-18-24-20(29-27-18)14-10-11-14/h1-9,14H,10-13H2. The Kier molecular flexibility index (Phi) is 5.42. The van der Waals surface area contributed by atoms with Crippen LogP contribution in [0.4, 0.5) is 0 Å². The maximum absolute atomic E-state index is 5.38. The van der Waals surface area contributed by atoms with Crippen LogP contribution in [0.5, 0.6) is 0 Å². The summed E-state index contributed by atoms with van der Waals surface area (Å²) in [5.41, 5.74) is 2.07. The third-order valence-electron chi connectivity index (χ3n) is 5.05. The van der Waals surface area contributed by atoms with Crippen molar-refractivity contribution in [1.29, 1.82) is 0 Å². The van der Waals surface area contributed by atoms with Crippen molar-refractivity contribution in [3.05, 3.63) is 72.1 Å². The van der Waals surface area contributed by atoms with Crippen molar-refractivity contribution in [2.24, 2.45) is 0 Å². The van der Waals surface area contributed by atoms with Gasteiger partial charge in [-0.15, -0.1) is 21.5 Å². The lowest BCUT2D eigenvalue weighted by atomic mass is 10.3. The largest absolute Gasteiger partial charge is 0.339 e. The second-order valence-corrected chi connectivity index (χ2v) is 10.6. The van der Waals surface area contributed by atoms with E-state index in [0.717, 1.165) is 45.3 Å². The Morgan fingerprint density at radius 3 is 2.62 bits per heavy atom. The SMILES string of the molecule is c1ccc(-n2c(CSc3nc4ccccc4s3)nnc2SCc2noc(C3CC3)n2)cc1. The Labute approximate surface area is 196 Å². The molecule has 10 heteroatoms. The number of thioether (sulfide) groups is 2. The van der Waals surface area contributed by atoms with Crippen LogP contribution in [0.1, 0.15) is 36.3 Å². The lowest BCUT2D eigenvalue weighted by Gasteiger charge is -2.09. The third-order valence-corrected chi connectivity index (χ3v) is 8.15. The molecule has 1 aliphatic rings. The van der Waals surface area contributed by atoms with Crippen molar-refractivity contribution < 1.29 is 4.52 Å². The molecule has 1 aliphatic carbocycles. The highest BCUT2D eigenvalue weighted by Gasteiger charge is 2.29. The summed E-state index contributed by atoms with van der Waals surface area (Å²) in [7, 11) is 0. The van der Waals surface area contributed by atoms with Crippen molar-refractivity contribution in [1.82, 2.24) is 29.9 Å².